The van der Waals surface area contributed by atoms with Crippen LogP contribution < -0.4 is 0 Å². The lowest BCUT2D eigenvalue weighted by Gasteiger charge is -2.14. The van der Waals surface area contributed by atoms with Gasteiger partial charge in [-0.25, -0.2) is 13.4 Å². The molecule has 3 rings (SSSR count). The summed E-state index contributed by atoms with van der Waals surface area (Å²) in [5, 5.41) is 6.83. The van der Waals surface area contributed by atoms with Crippen molar-refractivity contribution in [3.05, 3.63) is 29.6 Å². The topological polar surface area (TPSA) is 94.7 Å². The van der Waals surface area contributed by atoms with Gasteiger partial charge in [0.2, 0.25) is 0 Å². The fourth-order valence-electron chi connectivity index (χ4n) is 3.28. The van der Waals surface area contributed by atoms with Crippen LogP contribution in [0, 0.1) is 0 Å². The zero-order valence-electron chi connectivity index (χ0n) is 14.2. The number of unbranched alkanes of at least 4 members (excludes halogenated alkanes) is 1. The fourth-order valence-corrected chi connectivity index (χ4v) is 4.14. The maximum Gasteiger partial charge on any atom is 0.178 e. The Morgan fingerprint density at radius 3 is 2.96 bits per heavy atom. The van der Waals surface area contributed by atoms with E-state index in [-0.39, 0.29) is 5.92 Å². The van der Waals surface area contributed by atoms with Crippen molar-refractivity contribution in [1.29, 1.82) is 0 Å². The van der Waals surface area contributed by atoms with Gasteiger partial charge in [0, 0.05) is 43.6 Å². The van der Waals surface area contributed by atoms with Crippen molar-refractivity contribution in [3.8, 4) is 0 Å². The van der Waals surface area contributed by atoms with E-state index in [2.05, 4.69) is 32.0 Å². The monoisotopic (exact) mass is 351 g/mol. The van der Waals surface area contributed by atoms with Gasteiger partial charge in [0.25, 0.3) is 0 Å². The van der Waals surface area contributed by atoms with E-state index in [1.54, 1.807) is 0 Å². The van der Waals surface area contributed by atoms with Gasteiger partial charge in [0.15, 0.2) is 9.84 Å². The highest BCUT2D eigenvalue weighted by molar-refractivity contribution is 7.90. The van der Waals surface area contributed by atoms with E-state index in [1.807, 2.05) is 6.20 Å². The molecule has 0 aromatic carbocycles. The summed E-state index contributed by atoms with van der Waals surface area (Å²) in [6.45, 7) is 4.76. The van der Waals surface area contributed by atoms with Crippen LogP contribution in [0.15, 0.2) is 17.3 Å². The Kier molecular flexibility index (Phi) is 5.05. The van der Waals surface area contributed by atoms with Crippen LogP contribution in [0.4, 0.5) is 0 Å². The number of H-pyrrole nitrogens is 2. The normalized spacial score (nSPS) is 19.2. The van der Waals surface area contributed by atoms with E-state index in [0.717, 1.165) is 62.5 Å². The summed E-state index contributed by atoms with van der Waals surface area (Å²) in [7, 11) is -3.24. The van der Waals surface area contributed by atoms with Crippen LogP contribution in [0.2, 0.25) is 0 Å². The zero-order chi connectivity index (χ0) is 17.2. The quantitative estimate of drug-likeness (QED) is 0.794. The van der Waals surface area contributed by atoms with Crippen LogP contribution >= 0.6 is 0 Å². The van der Waals surface area contributed by atoms with E-state index in [1.165, 1.54) is 12.5 Å². The Labute approximate surface area is 142 Å². The molecule has 1 unspecified atom stereocenters. The Balaban J connectivity index is 1.62. The van der Waals surface area contributed by atoms with Crippen molar-refractivity contribution in [3.63, 3.8) is 0 Å². The SMILES string of the molecule is CCCCc1ncc(CN2CCC(c3[nH]ncc3S(C)(=O)=O)C2)[nH]1. The van der Waals surface area contributed by atoms with Gasteiger partial charge < -0.3 is 4.98 Å². The lowest BCUT2D eigenvalue weighted by atomic mass is 10.1. The molecule has 1 aliphatic rings. The minimum absolute atomic E-state index is 0.180. The summed E-state index contributed by atoms with van der Waals surface area (Å²) in [5.74, 6) is 1.23. The molecule has 1 atom stereocenters. The van der Waals surface area contributed by atoms with Gasteiger partial charge in [-0.05, 0) is 19.4 Å². The number of hydrogen-bond donors (Lipinski definition) is 2. The predicted octanol–water partition coefficient (Wildman–Crippen LogP) is 1.87. The molecule has 2 aromatic heterocycles. The average Bonchev–Trinajstić information content (AvgIpc) is 3.24. The summed E-state index contributed by atoms with van der Waals surface area (Å²) in [6.07, 6.45) is 8.80. The van der Waals surface area contributed by atoms with Gasteiger partial charge >= 0.3 is 0 Å². The van der Waals surface area contributed by atoms with Gasteiger partial charge in [-0.1, -0.05) is 13.3 Å². The number of hydrogen-bond acceptors (Lipinski definition) is 5. The highest BCUT2D eigenvalue weighted by atomic mass is 32.2. The number of aromatic nitrogens is 4. The number of imidazole rings is 1. The van der Waals surface area contributed by atoms with Crippen LogP contribution in [0.1, 0.15) is 49.3 Å². The number of aryl methyl sites for hydroxylation is 1. The Bertz CT molecular complexity index is 780. The molecule has 132 valence electrons. The van der Waals surface area contributed by atoms with E-state index >= 15 is 0 Å². The van der Waals surface area contributed by atoms with Gasteiger partial charge in [0.05, 0.1) is 11.9 Å². The summed E-state index contributed by atoms with van der Waals surface area (Å²) in [4.78, 5) is 10.5. The summed E-state index contributed by atoms with van der Waals surface area (Å²) in [5.41, 5.74) is 1.86. The first-order chi connectivity index (χ1) is 11.5. The predicted molar refractivity (Wildman–Crippen MR) is 91.5 cm³/mol. The maximum atomic E-state index is 11.8. The molecule has 0 radical (unpaired) electrons. The van der Waals surface area contributed by atoms with Crippen LogP contribution in [-0.2, 0) is 22.8 Å². The molecule has 24 heavy (non-hydrogen) atoms. The maximum absolute atomic E-state index is 11.8. The number of aromatic amines is 2. The van der Waals surface area contributed by atoms with E-state index in [0.29, 0.717) is 4.90 Å². The molecule has 0 bridgehead atoms. The standard InChI is InChI=1S/C16H25N5O2S/c1-3-4-5-15-17-8-13(19-15)11-21-7-6-12(10-21)16-14(9-18-20-16)24(2,22)23/h8-9,12H,3-7,10-11H2,1-2H3,(H,17,19)(H,18,20). The first kappa shape index (κ1) is 17.2. The van der Waals surface area contributed by atoms with E-state index in [9.17, 15) is 8.42 Å². The number of nitrogens with zero attached hydrogens (tertiary/aromatic N) is 3. The minimum Gasteiger partial charge on any atom is -0.345 e. The highest BCUT2D eigenvalue weighted by Crippen LogP contribution is 2.30. The van der Waals surface area contributed by atoms with Crippen LogP contribution in [0.5, 0.6) is 0 Å². The summed E-state index contributed by atoms with van der Waals surface area (Å²) in [6, 6.07) is 0. The molecule has 0 aliphatic carbocycles. The molecule has 1 fully saturated rings. The third-order valence-corrected chi connectivity index (χ3v) is 5.68. The first-order valence-corrected chi connectivity index (χ1v) is 10.3. The van der Waals surface area contributed by atoms with Crippen molar-refractivity contribution >= 4 is 9.84 Å². The second-order valence-corrected chi connectivity index (χ2v) is 8.58. The van der Waals surface area contributed by atoms with E-state index in [4.69, 9.17) is 0 Å². The van der Waals surface area contributed by atoms with Crippen molar-refractivity contribution < 1.29 is 8.42 Å². The van der Waals surface area contributed by atoms with Gasteiger partial charge in [0.1, 0.15) is 10.7 Å². The highest BCUT2D eigenvalue weighted by Gasteiger charge is 2.29. The number of sulfone groups is 1. The Morgan fingerprint density at radius 2 is 2.21 bits per heavy atom. The van der Waals surface area contributed by atoms with Crippen molar-refractivity contribution in [2.75, 3.05) is 19.3 Å². The molecule has 1 aliphatic heterocycles. The van der Waals surface area contributed by atoms with Crippen LogP contribution in [0.25, 0.3) is 0 Å². The molecular weight excluding hydrogens is 326 g/mol. The largest absolute Gasteiger partial charge is 0.345 e. The molecule has 2 aromatic rings. The molecule has 0 amide bonds. The van der Waals surface area contributed by atoms with Crippen molar-refractivity contribution in [2.45, 2.75) is 50.0 Å². The summed E-state index contributed by atoms with van der Waals surface area (Å²) < 4.78 is 23.7. The minimum atomic E-state index is -3.24. The first-order valence-electron chi connectivity index (χ1n) is 8.45. The second-order valence-electron chi connectivity index (χ2n) is 6.60. The smallest absolute Gasteiger partial charge is 0.178 e. The van der Waals surface area contributed by atoms with Gasteiger partial charge in [-0.15, -0.1) is 0 Å². The third-order valence-electron chi connectivity index (χ3n) is 4.55. The molecule has 1 saturated heterocycles. The van der Waals surface area contributed by atoms with Gasteiger partial charge in [-0.2, -0.15) is 5.10 Å². The number of likely N-dealkylation sites (tertiary alicyclic amines) is 1. The second kappa shape index (κ2) is 7.06. The van der Waals surface area contributed by atoms with Crippen LogP contribution in [0.3, 0.4) is 0 Å². The molecule has 3 heterocycles. The molecule has 7 nitrogen and oxygen atoms in total. The Morgan fingerprint density at radius 1 is 1.38 bits per heavy atom. The average molecular weight is 351 g/mol. The van der Waals surface area contributed by atoms with Crippen LogP contribution in [-0.4, -0.2) is 52.8 Å². The molecular formula is C16H25N5O2S. The molecule has 0 saturated carbocycles. The van der Waals surface area contributed by atoms with E-state index < -0.39 is 9.84 Å². The van der Waals surface area contributed by atoms with Crippen molar-refractivity contribution in [2.24, 2.45) is 0 Å². The molecule has 2 N–H and O–H groups in total. The molecule has 0 spiro atoms. The lowest BCUT2D eigenvalue weighted by molar-refractivity contribution is 0.322. The fraction of sp³-hybridized carbons (Fsp3) is 0.625. The lowest BCUT2D eigenvalue weighted by Crippen LogP contribution is -2.20. The summed E-state index contributed by atoms with van der Waals surface area (Å²) >= 11 is 0. The third kappa shape index (κ3) is 3.87. The van der Waals surface area contributed by atoms with Crippen molar-refractivity contribution in [1.82, 2.24) is 25.1 Å². The number of rotatable bonds is 7. The Hall–Kier alpha value is -1.67. The molecule has 8 heteroatoms. The zero-order valence-corrected chi connectivity index (χ0v) is 15.1. The van der Waals surface area contributed by atoms with Gasteiger partial charge in [-0.3, -0.25) is 10.00 Å². The number of nitrogens with one attached hydrogen (secondary N) is 2.